The molecule has 5 nitrogen and oxygen atoms in total. The van der Waals surface area contributed by atoms with Crippen molar-refractivity contribution in [1.82, 2.24) is 15.0 Å². The van der Waals surface area contributed by atoms with Gasteiger partial charge in [-0.2, -0.15) is 0 Å². The highest BCUT2D eigenvalue weighted by molar-refractivity contribution is 7.99. The van der Waals surface area contributed by atoms with Gasteiger partial charge in [0.05, 0.1) is 5.56 Å². The zero-order chi connectivity index (χ0) is 14.1. The Bertz CT molecular complexity index is 801. The van der Waals surface area contributed by atoms with Gasteiger partial charge in [-0.3, -0.25) is 0 Å². The van der Waals surface area contributed by atoms with Crippen molar-refractivity contribution in [1.29, 1.82) is 0 Å². The van der Waals surface area contributed by atoms with Gasteiger partial charge in [-0.1, -0.05) is 0 Å². The summed E-state index contributed by atoms with van der Waals surface area (Å²) in [7, 11) is 0. The van der Waals surface area contributed by atoms with E-state index in [2.05, 4.69) is 15.0 Å². The number of carboxylic acid groups (broad SMARTS) is 1. The zero-order valence-corrected chi connectivity index (χ0v) is 12.0. The number of pyridine rings is 1. The van der Waals surface area contributed by atoms with Gasteiger partial charge in [-0.05, 0) is 36.9 Å². The average Bonchev–Trinajstić information content (AvgIpc) is 2.80. The molecule has 0 aliphatic carbocycles. The molecule has 0 unspecified atom stereocenters. The third-order valence-corrected chi connectivity index (χ3v) is 4.61. The van der Waals surface area contributed by atoms with E-state index >= 15 is 0 Å². The minimum Gasteiger partial charge on any atom is -0.478 e. The summed E-state index contributed by atoms with van der Waals surface area (Å²) in [5, 5.41) is 11.3. The van der Waals surface area contributed by atoms with E-state index < -0.39 is 5.97 Å². The van der Waals surface area contributed by atoms with Crippen molar-refractivity contribution >= 4 is 39.3 Å². The molecule has 0 saturated carbocycles. The highest BCUT2D eigenvalue weighted by Crippen LogP contribution is 2.34. The second-order valence-corrected chi connectivity index (χ2v) is 6.23. The molecule has 0 aliphatic rings. The molecule has 0 aromatic carbocycles. The Balaban J connectivity index is 2.08. The van der Waals surface area contributed by atoms with Gasteiger partial charge in [-0.15, -0.1) is 11.3 Å². The molecule has 0 atom stereocenters. The molecule has 0 amide bonds. The van der Waals surface area contributed by atoms with Gasteiger partial charge in [0.2, 0.25) is 0 Å². The van der Waals surface area contributed by atoms with Gasteiger partial charge < -0.3 is 5.11 Å². The van der Waals surface area contributed by atoms with Crippen LogP contribution in [-0.4, -0.2) is 26.0 Å². The molecular weight excluding hydrogens is 294 g/mol. The molecule has 0 fully saturated rings. The fourth-order valence-electron chi connectivity index (χ4n) is 1.76. The number of fused-ring (bicyclic) bond motifs is 1. The van der Waals surface area contributed by atoms with Crippen molar-refractivity contribution in [3.63, 3.8) is 0 Å². The van der Waals surface area contributed by atoms with Crippen molar-refractivity contribution in [2.75, 3.05) is 0 Å². The summed E-state index contributed by atoms with van der Waals surface area (Å²) in [5.74, 6) is -0.993. The normalized spacial score (nSPS) is 10.8. The van der Waals surface area contributed by atoms with Crippen molar-refractivity contribution in [2.45, 2.75) is 17.0 Å². The quantitative estimate of drug-likeness (QED) is 0.749. The van der Waals surface area contributed by atoms with Crippen LogP contribution in [0.5, 0.6) is 0 Å². The Labute approximate surface area is 122 Å². The monoisotopic (exact) mass is 303 g/mol. The maximum atomic E-state index is 11.2. The van der Waals surface area contributed by atoms with Crippen molar-refractivity contribution in [3.05, 3.63) is 41.2 Å². The summed E-state index contributed by atoms with van der Waals surface area (Å²) in [6.07, 6.45) is 3.07. The predicted octanol–water partition coefficient (Wildman–Crippen LogP) is 3.24. The van der Waals surface area contributed by atoms with Gasteiger partial charge in [0.1, 0.15) is 21.2 Å². The lowest BCUT2D eigenvalue weighted by atomic mass is 10.3. The van der Waals surface area contributed by atoms with E-state index in [1.54, 1.807) is 23.6 Å². The molecule has 7 heteroatoms. The summed E-state index contributed by atoms with van der Waals surface area (Å²) in [5.41, 5.74) is 0.177. The molecular formula is C13H9N3O2S2. The highest BCUT2D eigenvalue weighted by atomic mass is 32.2. The molecule has 20 heavy (non-hydrogen) atoms. The fraction of sp³-hybridized carbons (Fsp3) is 0.0769. The van der Waals surface area contributed by atoms with Crippen LogP contribution in [-0.2, 0) is 0 Å². The van der Waals surface area contributed by atoms with Crippen LogP contribution in [0.15, 0.2) is 40.8 Å². The Hall–Kier alpha value is -1.99. The largest absolute Gasteiger partial charge is 0.478 e. The van der Waals surface area contributed by atoms with Crippen LogP contribution >= 0.6 is 23.1 Å². The minimum atomic E-state index is -0.993. The number of aromatic carboxylic acids is 1. The summed E-state index contributed by atoms with van der Waals surface area (Å²) >= 11 is 2.84. The molecule has 100 valence electrons. The molecule has 0 radical (unpaired) electrons. The summed E-state index contributed by atoms with van der Waals surface area (Å²) in [6.45, 7) is 2.00. The maximum absolute atomic E-state index is 11.2. The van der Waals surface area contributed by atoms with E-state index in [1.807, 2.05) is 13.0 Å². The molecule has 1 N–H and O–H groups in total. The molecule has 3 aromatic heterocycles. The molecule has 3 rings (SSSR count). The number of rotatable bonds is 3. The van der Waals surface area contributed by atoms with Gasteiger partial charge in [0.25, 0.3) is 0 Å². The van der Waals surface area contributed by atoms with E-state index in [0.29, 0.717) is 5.03 Å². The number of hydrogen-bond donors (Lipinski definition) is 1. The second kappa shape index (κ2) is 5.18. The summed E-state index contributed by atoms with van der Waals surface area (Å²) in [6, 6.07) is 5.15. The third-order valence-electron chi connectivity index (χ3n) is 2.61. The lowest BCUT2D eigenvalue weighted by Crippen LogP contribution is -2.00. The van der Waals surface area contributed by atoms with Gasteiger partial charge >= 0.3 is 5.97 Å². The first-order valence-corrected chi connectivity index (χ1v) is 7.36. The standard InChI is InChI=1S/C13H9N3O2S2/c1-7-5-9-11(19-7)15-6-16-12(9)20-10-8(13(17)18)3-2-4-14-10/h2-6H,1H3,(H,17,18). The maximum Gasteiger partial charge on any atom is 0.338 e. The fourth-order valence-corrected chi connectivity index (χ4v) is 3.60. The van der Waals surface area contributed by atoms with E-state index in [9.17, 15) is 9.90 Å². The molecule has 0 spiro atoms. The van der Waals surface area contributed by atoms with Crippen LogP contribution in [0.4, 0.5) is 0 Å². The summed E-state index contributed by atoms with van der Waals surface area (Å²) < 4.78 is 0. The van der Waals surface area contributed by atoms with Gasteiger partial charge in [0.15, 0.2) is 0 Å². The number of aromatic nitrogens is 3. The van der Waals surface area contributed by atoms with Crippen LogP contribution in [0.1, 0.15) is 15.2 Å². The number of carboxylic acids is 1. The topological polar surface area (TPSA) is 76.0 Å². The van der Waals surface area contributed by atoms with Gasteiger partial charge in [0, 0.05) is 16.5 Å². The van der Waals surface area contributed by atoms with Crippen LogP contribution in [0.2, 0.25) is 0 Å². The number of thiophene rings is 1. The minimum absolute atomic E-state index is 0.177. The number of hydrogen-bond acceptors (Lipinski definition) is 6. The first kappa shape index (κ1) is 13.0. The van der Waals surface area contributed by atoms with E-state index in [1.165, 1.54) is 24.2 Å². The van der Waals surface area contributed by atoms with E-state index in [0.717, 1.165) is 20.1 Å². The van der Waals surface area contributed by atoms with E-state index in [-0.39, 0.29) is 5.56 Å². The lowest BCUT2D eigenvalue weighted by Gasteiger charge is -2.04. The second-order valence-electron chi connectivity index (χ2n) is 4.02. The van der Waals surface area contributed by atoms with Gasteiger partial charge in [-0.25, -0.2) is 19.7 Å². The smallest absolute Gasteiger partial charge is 0.338 e. The molecule has 0 aliphatic heterocycles. The molecule has 3 aromatic rings. The van der Waals surface area contributed by atoms with Crippen LogP contribution < -0.4 is 0 Å². The van der Waals surface area contributed by atoms with Crippen LogP contribution in [0, 0.1) is 6.92 Å². The molecule has 3 heterocycles. The number of aryl methyl sites for hydroxylation is 1. The highest BCUT2D eigenvalue weighted by Gasteiger charge is 2.15. The predicted molar refractivity (Wildman–Crippen MR) is 77.5 cm³/mol. The average molecular weight is 303 g/mol. The first-order chi connectivity index (χ1) is 9.65. The Morgan fingerprint density at radius 1 is 1.30 bits per heavy atom. The Morgan fingerprint density at radius 3 is 2.95 bits per heavy atom. The Kier molecular flexibility index (Phi) is 3.37. The third kappa shape index (κ3) is 2.37. The first-order valence-electron chi connectivity index (χ1n) is 5.72. The van der Waals surface area contributed by atoms with Crippen molar-refractivity contribution in [3.8, 4) is 0 Å². The van der Waals surface area contributed by atoms with Crippen LogP contribution in [0.25, 0.3) is 10.2 Å². The van der Waals surface area contributed by atoms with Crippen LogP contribution in [0.3, 0.4) is 0 Å². The number of nitrogens with zero attached hydrogens (tertiary/aromatic N) is 3. The SMILES string of the molecule is Cc1cc2c(Sc3ncccc3C(=O)O)ncnc2s1. The zero-order valence-electron chi connectivity index (χ0n) is 10.4. The summed E-state index contributed by atoms with van der Waals surface area (Å²) in [4.78, 5) is 25.8. The Morgan fingerprint density at radius 2 is 2.15 bits per heavy atom. The van der Waals surface area contributed by atoms with Crippen molar-refractivity contribution in [2.24, 2.45) is 0 Å². The van der Waals surface area contributed by atoms with E-state index in [4.69, 9.17) is 0 Å². The molecule has 0 saturated heterocycles. The van der Waals surface area contributed by atoms with Crippen molar-refractivity contribution < 1.29 is 9.90 Å². The lowest BCUT2D eigenvalue weighted by molar-refractivity contribution is 0.0692. The molecule has 0 bridgehead atoms. The number of carbonyl (C=O) groups is 1.